The molecule has 0 amide bonds. The van der Waals surface area contributed by atoms with Crippen molar-refractivity contribution >= 4 is 11.8 Å². The fraction of sp³-hybridized carbons (Fsp3) is 0.833. The summed E-state index contributed by atoms with van der Waals surface area (Å²) >= 11 is 0. The van der Waals surface area contributed by atoms with Gasteiger partial charge in [-0.1, -0.05) is 27.7 Å². The van der Waals surface area contributed by atoms with Crippen molar-refractivity contribution < 1.29 is 19.1 Å². The SMILES string of the molecule is CC(C)COCCOC(=O)CC(=O)C(C)C. The highest BCUT2D eigenvalue weighted by molar-refractivity contribution is 5.96. The van der Waals surface area contributed by atoms with Crippen LogP contribution in [-0.4, -0.2) is 31.6 Å². The Bertz CT molecular complexity index is 221. The number of ketones is 1. The third-order valence-electron chi connectivity index (χ3n) is 1.90. The molecule has 16 heavy (non-hydrogen) atoms. The molecule has 0 rings (SSSR count). The molecule has 0 aliphatic carbocycles. The summed E-state index contributed by atoms with van der Waals surface area (Å²) in [6.07, 6.45) is -0.137. The van der Waals surface area contributed by atoms with Gasteiger partial charge >= 0.3 is 5.97 Å². The molecule has 0 saturated heterocycles. The van der Waals surface area contributed by atoms with Gasteiger partial charge in [0, 0.05) is 12.5 Å². The van der Waals surface area contributed by atoms with E-state index in [1.807, 2.05) is 13.8 Å². The van der Waals surface area contributed by atoms with Gasteiger partial charge in [-0.15, -0.1) is 0 Å². The van der Waals surface area contributed by atoms with Crippen LogP contribution in [0.1, 0.15) is 34.1 Å². The van der Waals surface area contributed by atoms with Crippen molar-refractivity contribution in [3.63, 3.8) is 0 Å². The molecule has 4 nitrogen and oxygen atoms in total. The van der Waals surface area contributed by atoms with E-state index in [9.17, 15) is 9.59 Å². The molecule has 0 aliphatic heterocycles. The number of carbonyl (C=O) groups excluding carboxylic acids is 2. The summed E-state index contributed by atoms with van der Waals surface area (Å²) in [7, 11) is 0. The number of rotatable bonds is 8. The fourth-order valence-electron chi connectivity index (χ4n) is 0.931. The van der Waals surface area contributed by atoms with Gasteiger partial charge in [-0.05, 0) is 5.92 Å². The first-order chi connectivity index (χ1) is 7.43. The molecule has 94 valence electrons. The highest BCUT2D eigenvalue weighted by Gasteiger charge is 2.13. The predicted octanol–water partition coefficient (Wildman–Crippen LogP) is 1.82. The van der Waals surface area contributed by atoms with Gasteiger partial charge in [-0.25, -0.2) is 0 Å². The van der Waals surface area contributed by atoms with E-state index in [-0.39, 0.29) is 24.7 Å². The molecule has 0 aromatic rings. The van der Waals surface area contributed by atoms with E-state index in [2.05, 4.69) is 0 Å². The predicted molar refractivity (Wildman–Crippen MR) is 61.1 cm³/mol. The summed E-state index contributed by atoms with van der Waals surface area (Å²) in [6.45, 7) is 8.89. The lowest BCUT2D eigenvalue weighted by molar-refractivity contribution is -0.148. The van der Waals surface area contributed by atoms with Gasteiger partial charge in [-0.3, -0.25) is 9.59 Å². The fourth-order valence-corrected chi connectivity index (χ4v) is 0.931. The first kappa shape index (κ1) is 15.1. The lowest BCUT2D eigenvalue weighted by Crippen LogP contribution is -2.18. The molecule has 0 N–H and O–H groups in total. The van der Waals surface area contributed by atoms with E-state index in [0.29, 0.717) is 19.1 Å². The Morgan fingerprint density at radius 1 is 1.06 bits per heavy atom. The van der Waals surface area contributed by atoms with Gasteiger partial charge in [0.1, 0.15) is 18.8 Å². The van der Waals surface area contributed by atoms with Crippen LogP contribution in [0.3, 0.4) is 0 Å². The van der Waals surface area contributed by atoms with Crippen LogP contribution in [0, 0.1) is 11.8 Å². The van der Waals surface area contributed by atoms with E-state index in [1.165, 1.54) is 0 Å². The van der Waals surface area contributed by atoms with Crippen molar-refractivity contribution in [2.45, 2.75) is 34.1 Å². The molecule has 0 heterocycles. The summed E-state index contributed by atoms with van der Waals surface area (Å²) in [5.74, 6) is -0.206. The van der Waals surface area contributed by atoms with E-state index < -0.39 is 5.97 Å². The second-order valence-electron chi connectivity index (χ2n) is 4.49. The highest BCUT2D eigenvalue weighted by Crippen LogP contribution is 2.00. The lowest BCUT2D eigenvalue weighted by atomic mass is 10.1. The van der Waals surface area contributed by atoms with Gasteiger partial charge in [0.05, 0.1) is 6.61 Å². The highest BCUT2D eigenvalue weighted by atomic mass is 16.6. The van der Waals surface area contributed by atoms with Crippen LogP contribution in [0.4, 0.5) is 0 Å². The summed E-state index contributed by atoms with van der Waals surface area (Å²) in [5.41, 5.74) is 0. The van der Waals surface area contributed by atoms with Gasteiger partial charge in [-0.2, -0.15) is 0 Å². The first-order valence-electron chi connectivity index (χ1n) is 5.69. The third-order valence-corrected chi connectivity index (χ3v) is 1.90. The van der Waals surface area contributed by atoms with Gasteiger partial charge in [0.15, 0.2) is 0 Å². The standard InChI is InChI=1S/C12H22O4/c1-9(2)8-15-5-6-16-12(14)7-11(13)10(3)4/h9-10H,5-8H2,1-4H3. The zero-order valence-electron chi connectivity index (χ0n) is 10.6. The largest absolute Gasteiger partial charge is 0.463 e. The van der Waals surface area contributed by atoms with Crippen LogP contribution in [0.5, 0.6) is 0 Å². The van der Waals surface area contributed by atoms with Crippen LogP contribution >= 0.6 is 0 Å². The van der Waals surface area contributed by atoms with Crippen molar-refractivity contribution in [2.24, 2.45) is 11.8 Å². The van der Waals surface area contributed by atoms with E-state index in [4.69, 9.17) is 9.47 Å². The maximum Gasteiger partial charge on any atom is 0.313 e. The van der Waals surface area contributed by atoms with Crippen molar-refractivity contribution in [3.05, 3.63) is 0 Å². The molecule has 0 atom stereocenters. The second-order valence-corrected chi connectivity index (χ2v) is 4.49. The van der Waals surface area contributed by atoms with Crippen LogP contribution in [0.15, 0.2) is 0 Å². The molecule has 0 aliphatic rings. The maximum atomic E-state index is 11.2. The third kappa shape index (κ3) is 8.41. The van der Waals surface area contributed by atoms with Crippen molar-refractivity contribution in [3.8, 4) is 0 Å². The summed E-state index contributed by atoms with van der Waals surface area (Å²) in [6, 6.07) is 0. The molecule has 4 heteroatoms. The van der Waals surface area contributed by atoms with Crippen LogP contribution < -0.4 is 0 Å². The van der Waals surface area contributed by atoms with Crippen molar-refractivity contribution in [2.75, 3.05) is 19.8 Å². The number of hydrogen-bond acceptors (Lipinski definition) is 4. The first-order valence-corrected chi connectivity index (χ1v) is 5.69. The minimum absolute atomic E-state index is 0.0897. The zero-order valence-corrected chi connectivity index (χ0v) is 10.6. The maximum absolute atomic E-state index is 11.2. The molecule has 0 bridgehead atoms. The summed E-state index contributed by atoms with van der Waals surface area (Å²) < 4.78 is 10.1. The number of carbonyl (C=O) groups is 2. The van der Waals surface area contributed by atoms with Gasteiger partial charge < -0.3 is 9.47 Å². The number of ether oxygens (including phenoxy) is 2. The van der Waals surface area contributed by atoms with E-state index >= 15 is 0 Å². The van der Waals surface area contributed by atoms with Crippen LogP contribution in [0.25, 0.3) is 0 Å². The number of hydrogen-bond donors (Lipinski definition) is 0. The molecule has 0 spiro atoms. The average Bonchev–Trinajstić information content (AvgIpc) is 2.16. The zero-order chi connectivity index (χ0) is 12.6. The van der Waals surface area contributed by atoms with Crippen molar-refractivity contribution in [1.29, 1.82) is 0 Å². The molecule has 0 aromatic heterocycles. The van der Waals surface area contributed by atoms with Crippen LogP contribution in [0.2, 0.25) is 0 Å². The second kappa shape index (κ2) is 8.28. The Morgan fingerprint density at radius 2 is 1.69 bits per heavy atom. The smallest absolute Gasteiger partial charge is 0.313 e. The van der Waals surface area contributed by atoms with Gasteiger partial charge in [0.25, 0.3) is 0 Å². The minimum Gasteiger partial charge on any atom is -0.463 e. The molecule has 0 saturated carbocycles. The topological polar surface area (TPSA) is 52.6 Å². The Hall–Kier alpha value is -0.900. The quantitative estimate of drug-likeness (QED) is 0.362. The normalized spacial score (nSPS) is 10.9. The minimum atomic E-state index is -0.466. The van der Waals surface area contributed by atoms with E-state index in [1.54, 1.807) is 13.8 Å². The molecular weight excluding hydrogens is 208 g/mol. The monoisotopic (exact) mass is 230 g/mol. The Labute approximate surface area is 97.3 Å². The molecule has 0 fully saturated rings. The number of Topliss-reactive ketones (excluding diaryl/α,β-unsaturated/α-hetero) is 1. The Balaban J connectivity index is 3.48. The molecule has 0 aromatic carbocycles. The number of esters is 1. The molecule has 0 radical (unpaired) electrons. The summed E-state index contributed by atoms with van der Waals surface area (Å²) in [4.78, 5) is 22.4. The van der Waals surface area contributed by atoms with Crippen LogP contribution in [-0.2, 0) is 19.1 Å². The molecular formula is C12H22O4. The Kier molecular flexibility index (Phi) is 7.81. The molecule has 0 unspecified atom stereocenters. The average molecular weight is 230 g/mol. The van der Waals surface area contributed by atoms with Gasteiger partial charge in [0.2, 0.25) is 0 Å². The lowest BCUT2D eigenvalue weighted by Gasteiger charge is -2.08. The Morgan fingerprint density at radius 3 is 2.19 bits per heavy atom. The van der Waals surface area contributed by atoms with Crippen molar-refractivity contribution in [1.82, 2.24) is 0 Å². The summed E-state index contributed by atoms with van der Waals surface area (Å²) in [5, 5.41) is 0. The van der Waals surface area contributed by atoms with E-state index in [0.717, 1.165) is 0 Å².